The number of nitrogens with zero attached hydrogens (tertiary/aromatic N) is 5. The van der Waals surface area contributed by atoms with Crippen molar-refractivity contribution in [2.45, 2.75) is 58.2 Å². The van der Waals surface area contributed by atoms with Gasteiger partial charge < -0.3 is 9.88 Å². The summed E-state index contributed by atoms with van der Waals surface area (Å²) in [6.45, 7) is 4.97. The molecule has 4 aromatic heterocycles. The van der Waals surface area contributed by atoms with Crippen molar-refractivity contribution in [1.29, 1.82) is 5.26 Å². The standard InChI is InChI=1S/C32H31ClN6O2S/c1-2-38-27(20-3-4-20)16-28(40)39(31(38)41)17-23-15-26-30(42-23)24(5-9-36-26)25-14-22(33)13-21-6-12-37(29(21)25)19-32(18-34)7-10-35-11-8-32/h5-6,9,12-16,20,35H,2-4,7-8,10-11,17,19H2,1H3. The van der Waals surface area contributed by atoms with Crippen molar-refractivity contribution in [3.63, 3.8) is 0 Å². The first-order valence-corrected chi connectivity index (χ1v) is 15.7. The molecule has 1 N–H and O–H groups in total. The van der Waals surface area contributed by atoms with Crippen LogP contribution in [0.4, 0.5) is 0 Å². The van der Waals surface area contributed by atoms with Crippen LogP contribution in [0.1, 0.15) is 49.1 Å². The predicted octanol–water partition coefficient (Wildman–Crippen LogP) is 5.73. The lowest BCUT2D eigenvalue weighted by atomic mass is 9.80. The minimum absolute atomic E-state index is 0.198. The van der Waals surface area contributed by atoms with Gasteiger partial charge >= 0.3 is 5.69 Å². The number of hydrogen-bond acceptors (Lipinski definition) is 6. The van der Waals surface area contributed by atoms with Gasteiger partial charge in [0, 0.05) is 63.7 Å². The van der Waals surface area contributed by atoms with E-state index in [1.54, 1.807) is 28.2 Å². The fourth-order valence-electron chi connectivity index (χ4n) is 6.43. The lowest BCUT2D eigenvalue weighted by molar-refractivity contribution is 0.247. The maximum absolute atomic E-state index is 13.4. The quantitative estimate of drug-likeness (QED) is 0.258. The molecule has 1 aromatic carbocycles. The molecule has 5 aromatic rings. The predicted molar refractivity (Wildman–Crippen MR) is 167 cm³/mol. The van der Waals surface area contributed by atoms with E-state index in [4.69, 9.17) is 11.6 Å². The van der Waals surface area contributed by atoms with Crippen LogP contribution in [0.25, 0.3) is 32.2 Å². The summed E-state index contributed by atoms with van der Waals surface area (Å²) in [5.41, 5.74) is 3.74. The van der Waals surface area contributed by atoms with Crippen LogP contribution < -0.4 is 16.6 Å². The lowest BCUT2D eigenvalue weighted by Gasteiger charge is -2.32. The molecule has 1 aliphatic carbocycles. The number of thiophene rings is 1. The molecule has 0 amide bonds. The van der Waals surface area contributed by atoms with Gasteiger partial charge in [-0.2, -0.15) is 5.26 Å². The van der Waals surface area contributed by atoms with Gasteiger partial charge in [-0.25, -0.2) is 4.79 Å². The van der Waals surface area contributed by atoms with Crippen molar-refractivity contribution < 1.29 is 0 Å². The maximum Gasteiger partial charge on any atom is 0.331 e. The summed E-state index contributed by atoms with van der Waals surface area (Å²) in [4.78, 5) is 31.9. The Morgan fingerprint density at radius 2 is 1.93 bits per heavy atom. The molecule has 7 rings (SSSR count). The zero-order valence-corrected chi connectivity index (χ0v) is 25.0. The second-order valence-electron chi connectivity index (χ2n) is 11.6. The molecule has 214 valence electrons. The van der Waals surface area contributed by atoms with Crippen molar-refractivity contribution in [3.8, 4) is 17.2 Å². The van der Waals surface area contributed by atoms with Gasteiger partial charge in [-0.15, -0.1) is 11.3 Å². The van der Waals surface area contributed by atoms with Crippen LogP contribution in [-0.4, -0.2) is 31.8 Å². The SMILES string of the molecule is CCn1c(C2CC2)cc(=O)n(Cc2cc3nccc(-c4cc(Cl)cc5ccn(CC6(C#N)CCNCC6)c45)c3s2)c1=O. The molecule has 0 atom stereocenters. The van der Waals surface area contributed by atoms with Gasteiger partial charge in [-0.05, 0) is 81.9 Å². The molecule has 0 spiro atoms. The second-order valence-corrected chi connectivity index (χ2v) is 13.1. The molecule has 0 bridgehead atoms. The Labute approximate surface area is 251 Å². The molecule has 0 unspecified atom stereocenters. The molecular formula is C32H31ClN6O2S. The minimum atomic E-state index is -0.425. The number of nitriles is 1. The van der Waals surface area contributed by atoms with Gasteiger partial charge in [0.25, 0.3) is 5.56 Å². The Balaban J connectivity index is 1.32. The largest absolute Gasteiger partial charge is 0.345 e. The normalized spacial score (nSPS) is 16.7. The molecule has 42 heavy (non-hydrogen) atoms. The first-order valence-electron chi connectivity index (χ1n) is 14.5. The third-order valence-corrected chi connectivity index (χ3v) is 10.1. The van der Waals surface area contributed by atoms with Crippen molar-refractivity contribution in [2.75, 3.05) is 13.1 Å². The Morgan fingerprint density at radius 3 is 2.67 bits per heavy atom. The molecular weight excluding hydrogens is 568 g/mol. The van der Waals surface area contributed by atoms with E-state index in [-0.39, 0.29) is 17.8 Å². The average Bonchev–Trinajstić information content (AvgIpc) is 3.64. The summed E-state index contributed by atoms with van der Waals surface area (Å²) in [6.07, 6.45) is 7.52. The van der Waals surface area contributed by atoms with E-state index in [0.717, 1.165) is 81.6 Å². The van der Waals surface area contributed by atoms with Crippen molar-refractivity contribution in [2.24, 2.45) is 5.41 Å². The fourth-order valence-corrected chi connectivity index (χ4v) is 7.79. The monoisotopic (exact) mass is 598 g/mol. The molecule has 2 aliphatic rings. The van der Waals surface area contributed by atoms with Gasteiger partial charge in [-0.1, -0.05) is 11.6 Å². The van der Waals surface area contributed by atoms with Crippen LogP contribution in [0.3, 0.4) is 0 Å². The number of aromatic nitrogens is 4. The van der Waals surface area contributed by atoms with E-state index < -0.39 is 5.41 Å². The van der Waals surface area contributed by atoms with E-state index >= 15 is 0 Å². The summed E-state index contributed by atoms with van der Waals surface area (Å²) in [6, 6.07) is 14.3. The third-order valence-electron chi connectivity index (χ3n) is 8.79. The Kier molecular flexibility index (Phi) is 6.81. The van der Waals surface area contributed by atoms with Gasteiger partial charge in [0.1, 0.15) is 0 Å². The topological polar surface area (TPSA) is 97.6 Å². The Morgan fingerprint density at radius 1 is 1.12 bits per heavy atom. The summed E-state index contributed by atoms with van der Waals surface area (Å²) in [7, 11) is 0. The highest BCUT2D eigenvalue weighted by Crippen LogP contribution is 2.41. The van der Waals surface area contributed by atoms with Crippen molar-refractivity contribution >= 4 is 44.1 Å². The first-order chi connectivity index (χ1) is 20.4. The van der Waals surface area contributed by atoms with E-state index in [1.807, 2.05) is 31.2 Å². The van der Waals surface area contributed by atoms with Crippen LogP contribution >= 0.6 is 22.9 Å². The highest BCUT2D eigenvalue weighted by atomic mass is 35.5. The van der Waals surface area contributed by atoms with Gasteiger partial charge in [0.15, 0.2) is 0 Å². The number of halogens is 1. The highest BCUT2D eigenvalue weighted by molar-refractivity contribution is 7.19. The smallest absolute Gasteiger partial charge is 0.331 e. The molecule has 1 saturated heterocycles. The zero-order valence-electron chi connectivity index (χ0n) is 23.4. The molecule has 10 heteroatoms. The van der Waals surface area contributed by atoms with Crippen LogP contribution in [0.15, 0.2) is 58.4 Å². The molecule has 1 aliphatic heterocycles. The summed E-state index contributed by atoms with van der Waals surface area (Å²) in [5.74, 6) is 0.322. The average molecular weight is 599 g/mol. The van der Waals surface area contributed by atoms with Gasteiger partial charge in [0.05, 0.1) is 33.8 Å². The first kappa shape index (κ1) is 27.1. The highest BCUT2D eigenvalue weighted by Gasteiger charge is 2.33. The number of nitrogens with one attached hydrogen (secondary N) is 1. The van der Waals surface area contributed by atoms with Crippen LogP contribution in [0.2, 0.25) is 5.02 Å². The number of pyridine rings is 1. The number of fused-ring (bicyclic) bond motifs is 2. The van der Waals surface area contributed by atoms with Crippen LogP contribution in [0, 0.1) is 16.7 Å². The van der Waals surface area contributed by atoms with E-state index in [0.29, 0.717) is 24.0 Å². The Hall–Kier alpha value is -3.71. The number of piperidine rings is 1. The van der Waals surface area contributed by atoms with Crippen molar-refractivity contribution in [3.05, 3.63) is 85.2 Å². The maximum atomic E-state index is 13.4. The minimum Gasteiger partial charge on any atom is -0.345 e. The second kappa shape index (κ2) is 10.5. The zero-order chi connectivity index (χ0) is 29.0. The number of benzene rings is 1. The summed E-state index contributed by atoms with van der Waals surface area (Å²) in [5, 5.41) is 15.2. The third kappa shape index (κ3) is 4.68. The molecule has 5 heterocycles. The number of rotatable bonds is 7. The molecule has 8 nitrogen and oxygen atoms in total. The fraction of sp³-hybridized carbons (Fsp3) is 0.375. The van der Waals surface area contributed by atoms with Crippen LogP contribution in [-0.2, 0) is 19.6 Å². The summed E-state index contributed by atoms with van der Waals surface area (Å²) >= 11 is 8.19. The van der Waals surface area contributed by atoms with E-state index in [1.165, 1.54) is 4.57 Å². The van der Waals surface area contributed by atoms with Crippen LogP contribution in [0.5, 0.6) is 0 Å². The van der Waals surface area contributed by atoms with Crippen molar-refractivity contribution in [1.82, 2.24) is 24.0 Å². The molecule has 2 fully saturated rings. The van der Waals surface area contributed by atoms with Gasteiger partial charge in [0.2, 0.25) is 0 Å². The van der Waals surface area contributed by atoms with Gasteiger partial charge in [-0.3, -0.25) is 18.9 Å². The number of hydrogen-bond donors (Lipinski definition) is 1. The molecule has 1 saturated carbocycles. The lowest BCUT2D eigenvalue weighted by Crippen LogP contribution is -2.40. The molecule has 0 radical (unpaired) electrons. The van der Waals surface area contributed by atoms with E-state index in [2.05, 4.69) is 33.2 Å². The summed E-state index contributed by atoms with van der Waals surface area (Å²) < 4.78 is 6.25. The van der Waals surface area contributed by atoms with E-state index in [9.17, 15) is 14.9 Å². The Bertz CT molecular complexity index is 2000.